The second-order valence-corrected chi connectivity index (χ2v) is 6.22. The molecule has 100 valence electrons. The molecule has 0 aromatic carbocycles. The summed E-state index contributed by atoms with van der Waals surface area (Å²) in [4.78, 5) is 4.12. The van der Waals surface area contributed by atoms with Crippen molar-refractivity contribution in [2.24, 2.45) is 5.41 Å². The first-order chi connectivity index (χ1) is 9.14. The minimum Gasteiger partial charge on any atom is -0.264 e. The summed E-state index contributed by atoms with van der Waals surface area (Å²) in [7, 11) is 0. The van der Waals surface area contributed by atoms with Gasteiger partial charge in [0.15, 0.2) is 0 Å². The molecule has 1 saturated carbocycles. The molecule has 1 aliphatic rings. The predicted octanol–water partition coefficient (Wildman–Crippen LogP) is 3.48. The zero-order valence-corrected chi connectivity index (χ0v) is 11.6. The molecule has 0 amide bonds. The number of nitrogens with zero attached hydrogens (tertiary/aromatic N) is 4. The lowest BCUT2D eigenvalue weighted by Crippen LogP contribution is -2.23. The minimum atomic E-state index is 0.489. The Bertz CT molecular complexity index is 534. The zero-order valence-electron chi connectivity index (χ0n) is 11.6. The highest BCUT2D eigenvalue weighted by atomic mass is 15.4. The fraction of sp³-hybridized carbons (Fsp3) is 0.533. The Balaban J connectivity index is 1.76. The van der Waals surface area contributed by atoms with Crippen LogP contribution in [-0.2, 0) is 0 Å². The molecule has 1 aliphatic carbocycles. The van der Waals surface area contributed by atoms with Gasteiger partial charge in [0.25, 0.3) is 0 Å². The molecule has 0 aliphatic heterocycles. The van der Waals surface area contributed by atoms with E-state index in [1.807, 2.05) is 23.0 Å². The highest BCUT2D eigenvalue weighted by Gasteiger charge is 2.28. The number of hydrogen-bond donors (Lipinski definition) is 0. The number of pyridine rings is 1. The van der Waals surface area contributed by atoms with Crippen LogP contribution >= 0.6 is 0 Å². The highest BCUT2D eigenvalue weighted by molar-refractivity contribution is 5.55. The normalized spacial score (nSPS) is 19.5. The van der Waals surface area contributed by atoms with Gasteiger partial charge in [-0.15, -0.1) is 5.10 Å². The van der Waals surface area contributed by atoms with E-state index in [1.165, 1.54) is 25.7 Å². The zero-order chi connectivity index (χ0) is 13.3. The Morgan fingerprint density at radius 1 is 1.26 bits per heavy atom. The van der Waals surface area contributed by atoms with Crippen LogP contribution in [0.2, 0.25) is 0 Å². The molecule has 1 fully saturated rings. The van der Waals surface area contributed by atoms with Crippen LogP contribution < -0.4 is 0 Å². The van der Waals surface area contributed by atoms with E-state index >= 15 is 0 Å². The lowest BCUT2D eigenvalue weighted by atomic mass is 9.76. The SMILES string of the molecule is CC1(C)CCC(n2cc(-c3cccnc3)nn2)CC1. The van der Waals surface area contributed by atoms with Crippen LogP contribution in [0.25, 0.3) is 11.3 Å². The average Bonchev–Trinajstić information content (AvgIpc) is 2.89. The van der Waals surface area contributed by atoms with E-state index in [4.69, 9.17) is 0 Å². The van der Waals surface area contributed by atoms with Crippen molar-refractivity contribution in [1.82, 2.24) is 20.0 Å². The molecule has 0 radical (unpaired) electrons. The highest BCUT2D eigenvalue weighted by Crippen LogP contribution is 2.39. The van der Waals surface area contributed by atoms with Gasteiger partial charge in [-0.3, -0.25) is 4.98 Å². The van der Waals surface area contributed by atoms with Crippen molar-refractivity contribution < 1.29 is 0 Å². The molecule has 19 heavy (non-hydrogen) atoms. The molecule has 0 N–H and O–H groups in total. The summed E-state index contributed by atoms with van der Waals surface area (Å²) < 4.78 is 2.04. The van der Waals surface area contributed by atoms with E-state index < -0.39 is 0 Å². The molecule has 2 aromatic heterocycles. The molecule has 0 unspecified atom stereocenters. The van der Waals surface area contributed by atoms with Gasteiger partial charge in [-0.2, -0.15) is 0 Å². The number of aromatic nitrogens is 4. The lowest BCUT2D eigenvalue weighted by molar-refractivity contribution is 0.184. The van der Waals surface area contributed by atoms with Crippen molar-refractivity contribution in [3.63, 3.8) is 0 Å². The second kappa shape index (κ2) is 4.76. The molecule has 2 aromatic rings. The molecule has 0 spiro atoms. The topological polar surface area (TPSA) is 43.6 Å². The maximum Gasteiger partial charge on any atom is 0.114 e. The summed E-state index contributed by atoms with van der Waals surface area (Å²) in [5, 5.41) is 8.57. The molecule has 4 heteroatoms. The fourth-order valence-electron chi connectivity index (χ4n) is 2.75. The van der Waals surface area contributed by atoms with Crippen molar-refractivity contribution in [3.8, 4) is 11.3 Å². The third kappa shape index (κ3) is 2.67. The average molecular weight is 256 g/mol. The maximum absolute atomic E-state index is 4.30. The summed E-state index contributed by atoms with van der Waals surface area (Å²) >= 11 is 0. The third-order valence-electron chi connectivity index (χ3n) is 4.15. The van der Waals surface area contributed by atoms with Gasteiger partial charge in [0.1, 0.15) is 5.69 Å². The predicted molar refractivity (Wildman–Crippen MR) is 74.5 cm³/mol. The Morgan fingerprint density at radius 3 is 2.74 bits per heavy atom. The smallest absolute Gasteiger partial charge is 0.114 e. The van der Waals surface area contributed by atoms with Crippen molar-refractivity contribution in [2.75, 3.05) is 0 Å². The minimum absolute atomic E-state index is 0.489. The van der Waals surface area contributed by atoms with Crippen molar-refractivity contribution in [1.29, 1.82) is 0 Å². The molecule has 0 bridgehead atoms. The monoisotopic (exact) mass is 256 g/mol. The number of rotatable bonds is 2. The first-order valence-electron chi connectivity index (χ1n) is 6.96. The van der Waals surface area contributed by atoms with Crippen LogP contribution in [0.5, 0.6) is 0 Å². The molecule has 3 rings (SSSR count). The fourth-order valence-corrected chi connectivity index (χ4v) is 2.75. The quantitative estimate of drug-likeness (QED) is 0.826. The Morgan fingerprint density at radius 2 is 2.05 bits per heavy atom. The molecular formula is C15H20N4. The van der Waals surface area contributed by atoms with Crippen LogP contribution in [0.15, 0.2) is 30.7 Å². The van der Waals surface area contributed by atoms with Gasteiger partial charge in [-0.1, -0.05) is 19.1 Å². The Hall–Kier alpha value is -1.71. The van der Waals surface area contributed by atoms with E-state index in [0.717, 1.165) is 11.3 Å². The van der Waals surface area contributed by atoms with Crippen molar-refractivity contribution in [3.05, 3.63) is 30.7 Å². The molecule has 4 nitrogen and oxygen atoms in total. The van der Waals surface area contributed by atoms with Gasteiger partial charge >= 0.3 is 0 Å². The molecule has 0 atom stereocenters. The summed E-state index contributed by atoms with van der Waals surface area (Å²) in [6.45, 7) is 4.71. The van der Waals surface area contributed by atoms with E-state index in [-0.39, 0.29) is 0 Å². The Kier molecular flexibility index (Phi) is 3.09. The molecule has 2 heterocycles. The van der Waals surface area contributed by atoms with Crippen LogP contribution in [0.3, 0.4) is 0 Å². The number of hydrogen-bond acceptors (Lipinski definition) is 3. The van der Waals surface area contributed by atoms with Crippen molar-refractivity contribution in [2.45, 2.75) is 45.6 Å². The maximum atomic E-state index is 4.30. The Labute approximate surface area is 113 Å². The summed E-state index contributed by atoms with van der Waals surface area (Å²) in [5.41, 5.74) is 2.44. The van der Waals surface area contributed by atoms with Gasteiger partial charge in [0, 0.05) is 18.0 Å². The van der Waals surface area contributed by atoms with Gasteiger partial charge in [-0.25, -0.2) is 4.68 Å². The van der Waals surface area contributed by atoms with Crippen LogP contribution in [0, 0.1) is 5.41 Å². The van der Waals surface area contributed by atoms with Gasteiger partial charge in [0.05, 0.1) is 12.2 Å². The largest absolute Gasteiger partial charge is 0.264 e. The van der Waals surface area contributed by atoms with Gasteiger partial charge < -0.3 is 0 Å². The standard InChI is InChI=1S/C15H20N4/c1-15(2)7-5-13(6-8-15)19-11-14(17-18-19)12-4-3-9-16-10-12/h3-4,9-11,13H,5-8H2,1-2H3. The van der Waals surface area contributed by atoms with E-state index in [1.54, 1.807) is 6.20 Å². The van der Waals surface area contributed by atoms with Crippen LogP contribution in [-0.4, -0.2) is 20.0 Å². The van der Waals surface area contributed by atoms with Crippen LogP contribution in [0.1, 0.15) is 45.6 Å². The summed E-state index contributed by atoms with van der Waals surface area (Å²) in [6, 6.07) is 4.45. The second-order valence-electron chi connectivity index (χ2n) is 6.22. The summed E-state index contributed by atoms with van der Waals surface area (Å²) in [6.07, 6.45) is 10.6. The lowest BCUT2D eigenvalue weighted by Gasteiger charge is -2.34. The first-order valence-corrected chi connectivity index (χ1v) is 6.96. The summed E-state index contributed by atoms with van der Waals surface area (Å²) in [5.74, 6) is 0. The van der Waals surface area contributed by atoms with Crippen LogP contribution in [0.4, 0.5) is 0 Å². The molecular weight excluding hydrogens is 236 g/mol. The van der Waals surface area contributed by atoms with E-state index in [9.17, 15) is 0 Å². The van der Waals surface area contributed by atoms with Crippen molar-refractivity contribution >= 4 is 0 Å². The van der Waals surface area contributed by atoms with E-state index in [0.29, 0.717) is 11.5 Å². The van der Waals surface area contributed by atoms with Gasteiger partial charge in [0.2, 0.25) is 0 Å². The molecule has 0 saturated heterocycles. The third-order valence-corrected chi connectivity index (χ3v) is 4.15. The first kappa shape index (κ1) is 12.3. The van der Waals surface area contributed by atoms with Gasteiger partial charge in [-0.05, 0) is 43.2 Å². The van der Waals surface area contributed by atoms with E-state index in [2.05, 4.69) is 35.3 Å².